The Morgan fingerprint density at radius 3 is 2.29 bits per heavy atom. The molecule has 0 saturated heterocycles. The van der Waals surface area contributed by atoms with Crippen molar-refractivity contribution in [2.75, 3.05) is 6.61 Å². The fourth-order valence-electron chi connectivity index (χ4n) is 1.86. The van der Waals surface area contributed by atoms with Gasteiger partial charge in [0.15, 0.2) is 0 Å². The summed E-state index contributed by atoms with van der Waals surface area (Å²) < 4.78 is 0. The SMILES string of the molecule is C[C@H](CO)C[C@@H](C)Cc1ccccc1. The number of rotatable bonds is 5. The highest BCUT2D eigenvalue weighted by atomic mass is 16.3. The molecule has 0 aliphatic heterocycles. The smallest absolute Gasteiger partial charge is 0.0456 e. The third kappa shape index (κ3) is 3.93. The van der Waals surface area contributed by atoms with Crippen LogP contribution in [0, 0.1) is 11.8 Å². The summed E-state index contributed by atoms with van der Waals surface area (Å²) in [5, 5.41) is 8.95. The molecule has 0 aliphatic carbocycles. The molecule has 14 heavy (non-hydrogen) atoms. The molecule has 0 unspecified atom stereocenters. The van der Waals surface area contributed by atoms with E-state index in [0.29, 0.717) is 18.4 Å². The van der Waals surface area contributed by atoms with E-state index in [-0.39, 0.29) is 0 Å². The van der Waals surface area contributed by atoms with E-state index in [1.165, 1.54) is 5.56 Å². The van der Waals surface area contributed by atoms with Gasteiger partial charge >= 0.3 is 0 Å². The van der Waals surface area contributed by atoms with Crippen molar-refractivity contribution >= 4 is 0 Å². The lowest BCUT2D eigenvalue weighted by atomic mass is 9.92. The third-order valence-electron chi connectivity index (χ3n) is 2.54. The van der Waals surface area contributed by atoms with Crippen LogP contribution in [0.2, 0.25) is 0 Å². The molecule has 0 saturated carbocycles. The van der Waals surface area contributed by atoms with Gasteiger partial charge in [-0.05, 0) is 30.2 Å². The summed E-state index contributed by atoms with van der Waals surface area (Å²) in [5.41, 5.74) is 1.39. The Bertz CT molecular complexity index is 243. The predicted octanol–water partition coefficient (Wildman–Crippen LogP) is 2.88. The van der Waals surface area contributed by atoms with E-state index in [4.69, 9.17) is 5.11 Å². The summed E-state index contributed by atoms with van der Waals surface area (Å²) in [6.07, 6.45) is 2.22. The van der Waals surface area contributed by atoms with E-state index >= 15 is 0 Å². The minimum atomic E-state index is 0.305. The average Bonchev–Trinajstić information content (AvgIpc) is 2.19. The minimum Gasteiger partial charge on any atom is -0.396 e. The highest BCUT2D eigenvalue weighted by Crippen LogP contribution is 2.16. The van der Waals surface area contributed by atoms with Crippen LogP contribution < -0.4 is 0 Å². The molecule has 0 aromatic heterocycles. The zero-order valence-corrected chi connectivity index (χ0v) is 9.11. The van der Waals surface area contributed by atoms with Crippen LogP contribution in [0.1, 0.15) is 25.8 Å². The fraction of sp³-hybridized carbons (Fsp3) is 0.538. The Labute approximate surface area is 86.8 Å². The van der Waals surface area contributed by atoms with Crippen LogP contribution in [0.5, 0.6) is 0 Å². The second-order valence-corrected chi connectivity index (χ2v) is 4.32. The summed E-state index contributed by atoms with van der Waals surface area (Å²) in [4.78, 5) is 0. The van der Waals surface area contributed by atoms with Crippen molar-refractivity contribution < 1.29 is 5.11 Å². The zero-order valence-electron chi connectivity index (χ0n) is 9.11. The number of hydrogen-bond donors (Lipinski definition) is 1. The normalized spacial score (nSPS) is 15.1. The van der Waals surface area contributed by atoms with E-state index in [1.807, 2.05) is 6.07 Å². The monoisotopic (exact) mass is 192 g/mol. The van der Waals surface area contributed by atoms with Crippen molar-refractivity contribution in [1.82, 2.24) is 0 Å². The van der Waals surface area contributed by atoms with E-state index in [0.717, 1.165) is 12.8 Å². The molecule has 1 aromatic carbocycles. The van der Waals surface area contributed by atoms with Gasteiger partial charge < -0.3 is 5.11 Å². The maximum absolute atomic E-state index is 8.95. The van der Waals surface area contributed by atoms with Gasteiger partial charge in [0.25, 0.3) is 0 Å². The molecule has 1 N–H and O–H groups in total. The van der Waals surface area contributed by atoms with Crippen LogP contribution in [0.15, 0.2) is 30.3 Å². The molecule has 0 amide bonds. The van der Waals surface area contributed by atoms with Gasteiger partial charge in [-0.25, -0.2) is 0 Å². The van der Waals surface area contributed by atoms with E-state index in [2.05, 4.69) is 38.1 Å². The van der Waals surface area contributed by atoms with Gasteiger partial charge in [0.1, 0.15) is 0 Å². The quantitative estimate of drug-likeness (QED) is 0.760. The van der Waals surface area contributed by atoms with Crippen molar-refractivity contribution in [3.63, 3.8) is 0 Å². The molecule has 0 aliphatic rings. The first kappa shape index (κ1) is 11.3. The molecular weight excluding hydrogens is 172 g/mol. The molecular formula is C13H20O. The molecule has 1 heteroatoms. The summed E-state index contributed by atoms with van der Waals surface area (Å²) in [6, 6.07) is 10.5. The van der Waals surface area contributed by atoms with Gasteiger partial charge in [0, 0.05) is 6.61 Å². The first-order valence-electron chi connectivity index (χ1n) is 5.37. The summed E-state index contributed by atoms with van der Waals surface area (Å²) >= 11 is 0. The number of aliphatic hydroxyl groups excluding tert-OH is 1. The lowest BCUT2D eigenvalue weighted by Gasteiger charge is -2.15. The third-order valence-corrected chi connectivity index (χ3v) is 2.54. The largest absolute Gasteiger partial charge is 0.396 e. The Balaban J connectivity index is 2.37. The van der Waals surface area contributed by atoms with Gasteiger partial charge in [0.2, 0.25) is 0 Å². The first-order chi connectivity index (χ1) is 6.72. The molecule has 0 radical (unpaired) electrons. The first-order valence-corrected chi connectivity index (χ1v) is 5.37. The van der Waals surface area contributed by atoms with E-state index in [1.54, 1.807) is 0 Å². The predicted molar refractivity (Wildman–Crippen MR) is 60.2 cm³/mol. The molecule has 0 bridgehead atoms. The molecule has 0 spiro atoms. The average molecular weight is 192 g/mol. The van der Waals surface area contributed by atoms with Crippen molar-refractivity contribution in [1.29, 1.82) is 0 Å². The molecule has 1 rings (SSSR count). The van der Waals surface area contributed by atoms with Crippen LogP contribution in [0.3, 0.4) is 0 Å². The lowest BCUT2D eigenvalue weighted by Crippen LogP contribution is -2.09. The van der Waals surface area contributed by atoms with Crippen LogP contribution in [0.4, 0.5) is 0 Å². The van der Waals surface area contributed by atoms with Gasteiger partial charge in [-0.15, -0.1) is 0 Å². The maximum atomic E-state index is 8.95. The molecule has 0 fully saturated rings. The minimum absolute atomic E-state index is 0.305. The molecule has 2 atom stereocenters. The molecule has 0 heterocycles. The standard InChI is InChI=1S/C13H20O/c1-11(8-12(2)10-14)9-13-6-4-3-5-7-13/h3-7,11-12,14H,8-10H2,1-2H3/t11-,12+/m1/s1. The van der Waals surface area contributed by atoms with Crippen LogP contribution in [0.25, 0.3) is 0 Å². The Kier molecular flexibility index (Phi) is 4.68. The van der Waals surface area contributed by atoms with Crippen LogP contribution >= 0.6 is 0 Å². The molecule has 1 aromatic rings. The summed E-state index contributed by atoms with van der Waals surface area (Å²) in [7, 11) is 0. The van der Waals surface area contributed by atoms with Gasteiger partial charge in [0.05, 0.1) is 0 Å². The van der Waals surface area contributed by atoms with Gasteiger partial charge in [-0.2, -0.15) is 0 Å². The second-order valence-electron chi connectivity index (χ2n) is 4.32. The van der Waals surface area contributed by atoms with Crippen LogP contribution in [-0.4, -0.2) is 11.7 Å². The van der Waals surface area contributed by atoms with E-state index < -0.39 is 0 Å². The summed E-state index contributed by atoms with van der Waals surface area (Å²) in [6.45, 7) is 4.65. The number of hydrogen-bond acceptors (Lipinski definition) is 1. The summed E-state index contributed by atoms with van der Waals surface area (Å²) in [5.74, 6) is 1.08. The van der Waals surface area contributed by atoms with Crippen molar-refractivity contribution in [2.24, 2.45) is 11.8 Å². The van der Waals surface area contributed by atoms with Crippen molar-refractivity contribution in [3.05, 3.63) is 35.9 Å². The molecule has 1 nitrogen and oxygen atoms in total. The lowest BCUT2D eigenvalue weighted by molar-refractivity contribution is 0.215. The molecule has 78 valence electrons. The van der Waals surface area contributed by atoms with Crippen LogP contribution in [-0.2, 0) is 6.42 Å². The highest BCUT2D eigenvalue weighted by molar-refractivity contribution is 5.15. The van der Waals surface area contributed by atoms with Gasteiger partial charge in [-0.3, -0.25) is 0 Å². The second kappa shape index (κ2) is 5.82. The number of benzene rings is 1. The fourth-order valence-corrected chi connectivity index (χ4v) is 1.86. The van der Waals surface area contributed by atoms with Crippen molar-refractivity contribution in [3.8, 4) is 0 Å². The van der Waals surface area contributed by atoms with Gasteiger partial charge in [-0.1, -0.05) is 44.2 Å². The Hall–Kier alpha value is -0.820. The number of aliphatic hydroxyl groups is 1. The Morgan fingerprint density at radius 1 is 1.07 bits per heavy atom. The highest BCUT2D eigenvalue weighted by Gasteiger charge is 2.08. The topological polar surface area (TPSA) is 20.2 Å². The Morgan fingerprint density at radius 2 is 1.71 bits per heavy atom. The zero-order chi connectivity index (χ0) is 10.4. The van der Waals surface area contributed by atoms with E-state index in [9.17, 15) is 0 Å². The maximum Gasteiger partial charge on any atom is 0.0456 e. The van der Waals surface area contributed by atoms with Crippen molar-refractivity contribution in [2.45, 2.75) is 26.7 Å².